The van der Waals surface area contributed by atoms with Crippen LogP contribution in [-0.2, 0) is 47.0 Å². The Labute approximate surface area is 319 Å². The normalized spacial score (nSPS) is 25.8. The first-order valence-corrected chi connectivity index (χ1v) is 20.0. The van der Waals surface area contributed by atoms with Gasteiger partial charge in [-0.2, -0.15) is 8.42 Å². The average Bonchev–Trinajstić information content (AvgIpc) is 3.39. The van der Waals surface area contributed by atoms with Crippen molar-refractivity contribution in [3.05, 3.63) is 64.7 Å². The number of hydrogen-bond donors (Lipinski definition) is 3. The molecule has 0 radical (unpaired) electrons. The van der Waals surface area contributed by atoms with E-state index in [4.69, 9.17) is 13.9 Å². The second-order valence-corrected chi connectivity index (χ2v) is 17.4. The molecule has 3 aliphatic heterocycles. The summed E-state index contributed by atoms with van der Waals surface area (Å²) in [6, 6.07) is 3.49. The van der Waals surface area contributed by atoms with Crippen molar-refractivity contribution < 1.29 is 50.7 Å². The molecule has 1 saturated heterocycles. The van der Waals surface area contributed by atoms with Crippen LogP contribution in [0.15, 0.2) is 45.9 Å². The van der Waals surface area contributed by atoms with Gasteiger partial charge in [0, 0.05) is 30.5 Å². The van der Waals surface area contributed by atoms with Crippen LogP contribution in [0.1, 0.15) is 88.2 Å². The highest BCUT2D eigenvalue weighted by Crippen LogP contribution is 2.46. The number of nitrogens with one attached hydrogen (secondary N) is 3. The molecule has 1 aromatic carbocycles. The van der Waals surface area contributed by atoms with Gasteiger partial charge in [0.15, 0.2) is 0 Å². The lowest BCUT2D eigenvalue weighted by Gasteiger charge is -2.30. The van der Waals surface area contributed by atoms with Gasteiger partial charge in [-0.15, -0.1) is 0 Å². The first-order chi connectivity index (χ1) is 25.9. The molecular weight excluding hydrogens is 738 g/mol. The minimum absolute atomic E-state index is 0.0193. The predicted octanol–water partition coefficient (Wildman–Crippen LogP) is 4.25. The lowest BCUT2D eigenvalue weighted by Crippen LogP contribution is -2.58. The van der Waals surface area contributed by atoms with Crippen LogP contribution in [0.5, 0.6) is 0 Å². The molecule has 1 aromatic heterocycles. The van der Waals surface area contributed by atoms with Crippen LogP contribution in [0.2, 0.25) is 0 Å². The molecule has 298 valence electrons. The number of carbonyl (C=O) groups excluding carboxylic acids is 5. The van der Waals surface area contributed by atoms with Gasteiger partial charge in [0.2, 0.25) is 16.9 Å². The van der Waals surface area contributed by atoms with Gasteiger partial charge in [0.1, 0.15) is 40.9 Å². The Bertz CT molecular complexity index is 1990. The van der Waals surface area contributed by atoms with Crippen LogP contribution < -0.4 is 15.4 Å². The monoisotopic (exact) mass is 785 g/mol. The highest BCUT2D eigenvalue weighted by atomic mass is 32.2. The predicted molar refractivity (Wildman–Crippen MR) is 194 cm³/mol. The largest absolute Gasteiger partial charge is 0.448 e. The number of alkyl carbamates (subject to hydrolysis) is 1. The van der Waals surface area contributed by atoms with E-state index < -0.39 is 86.1 Å². The summed E-state index contributed by atoms with van der Waals surface area (Å²) in [6.45, 7) is 8.18. The molecule has 17 heteroatoms. The number of aryl methyl sites for hydroxylation is 2. The molecule has 1 saturated carbocycles. The third kappa shape index (κ3) is 8.81. The molecule has 0 bridgehead atoms. The lowest BCUT2D eigenvalue weighted by atomic mass is 10.0. The summed E-state index contributed by atoms with van der Waals surface area (Å²) in [5.41, 5.74) is -0.953. The summed E-state index contributed by atoms with van der Waals surface area (Å²) in [5.74, 6) is -3.02. The van der Waals surface area contributed by atoms with Gasteiger partial charge in [-0.1, -0.05) is 37.1 Å². The molecule has 6 rings (SSSR count). The number of rotatable bonds is 5. The van der Waals surface area contributed by atoms with Gasteiger partial charge in [0.25, 0.3) is 15.9 Å². The van der Waals surface area contributed by atoms with E-state index in [1.54, 1.807) is 52.8 Å². The number of sulfonamides is 1. The Balaban J connectivity index is 1.27. The quantitative estimate of drug-likeness (QED) is 0.369. The fourth-order valence-electron chi connectivity index (χ4n) is 7.28. The molecule has 0 unspecified atom stereocenters. The molecule has 0 spiro atoms. The van der Waals surface area contributed by atoms with Crippen molar-refractivity contribution in [1.82, 2.24) is 25.2 Å². The van der Waals surface area contributed by atoms with Crippen LogP contribution in [0, 0.1) is 25.6 Å². The second kappa shape index (κ2) is 15.3. The van der Waals surface area contributed by atoms with Crippen LogP contribution in [0.25, 0.3) is 0 Å². The molecule has 1 aliphatic carbocycles. The molecule has 5 atom stereocenters. The van der Waals surface area contributed by atoms with Crippen molar-refractivity contribution >= 4 is 39.9 Å². The average molecular weight is 786 g/mol. The van der Waals surface area contributed by atoms with Crippen molar-refractivity contribution in [3.63, 3.8) is 0 Å². The number of amides is 5. The van der Waals surface area contributed by atoms with E-state index in [1.165, 1.54) is 21.9 Å². The molecule has 2 aromatic rings. The fourth-order valence-corrected chi connectivity index (χ4v) is 8.37. The van der Waals surface area contributed by atoms with Crippen molar-refractivity contribution in [2.75, 3.05) is 6.54 Å². The van der Waals surface area contributed by atoms with E-state index in [-0.39, 0.29) is 38.9 Å². The summed E-state index contributed by atoms with van der Waals surface area (Å²) < 4.78 is 59.6. The summed E-state index contributed by atoms with van der Waals surface area (Å²) in [5, 5.41) is 4.97. The zero-order valence-corrected chi connectivity index (χ0v) is 32.4. The number of hydrogen-bond acceptors (Lipinski definition) is 10. The molecule has 2 fully saturated rings. The van der Waals surface area contributed by atoms with Crippen LogP contribution in [0.3, 0.4) is 0 Å². The number of carbonyl (C=O) groups is 5. The smallest absolute Gasteiger partial charge is 0.410 e. The first-order valence-electron chi connectivity index (χ1n) is 18.5. The molecule has 15 nitrogen and oxygen atoms in total. The lowest BCUT2D eigenvalue weighted by molar-refractivity contribution is -0.141. The Morgan fingerprint density at radius 1 is 1.09 bits per heavy atom. The first kappa shape index (κ1) is 39.8. The van der Waals surface area contributed by atoms with Gasteiger partial charge < -0.3 is 29.4 Å². The maximum absolute atomic E-state index is 14.5. The number of allylic oxidation sites excluding steroid dienone is 1. The second-order valence-electron chi connectivity index (χ2n) is 15.8. The van der Waals surface area contributed by atoms with Crippen molar-refractivity contribution in [2.45, 2.75) is 127 Å². The van der Waals surface area contributed by atoms with Gasteiger partial charge in [-0.3, -0.25) is 19.3 Å². The number of benzene rings is 1. The van der Waals surface area contributed by atoms with Crippen LogP contribution in [0.4, 0.5) is 14.0 Å². The Hall–Kier alpha value is -4.93. The summed E-state index contributed by atoms with van der Waals surface area (Å²) in [4.78, 5) is 71.4. The number of ether oxygens (including phenoxy) is 2. The van der Waals surface area contributed by atoms with Crippen molar-refractivity contribution in [3.8, 4) is 0 Å². The van der Waals surface area contributed by atoms with E-state index in [0.29, 0.717) is 41.7 Å². The fraction of sp³-hybridized carbons (Fsp3) is 0.553. The van der Waals surface area contributed by atoms with E-state index in [2.05, 4.69) is 15.4 Å². The third-order valence-electron chi connectivity index (χ3n) is 10.4. The summed E-state index contributed by atoms with van der Waals surface area (Å²) in [7, 11) is -4.46. The number of furan rings is 1. The summed E-state index contributed by atoms with van der Waals surface area (Å²) in [6.07, 6.45) is 3.81. The minimum Gasteiger partial charge on any atom is -0.448 e. The van der Waals surface area contributed by atoms with Crippen LogP contribution in [-0.4, -0.2) is 84.0 Å². The molecule has 55 heavy (non-hydrogen) atoms. The highest BCUT2D eigenvalue weighted by molar-refractivity contribution is 7.89. The number of fused-ring (bicyclic) bond motifs is 3. The number of nitrogens with zero attached hydrogens (tertiary/aromatic N) is 2. The third-order valence-corrected chi connectivity index (χ3v) is 11.6. The maximum Gasteiger partial charge on any atom is 0.410 e. The van der Waals surface area contributed by atoms with E-state index in [9.17, 15) is 36.8 Å². The van der Waals surface area contributed by atoms with E-state index in [1.807, 2.05) is 6.08 Å². The zero-order valence-electron chi connectivity index (χ0n) is 31.6. The number of halogens is 1. The van der Waals surface area contributed by atoms with Gasteiger partial charge >= 0.3 is 12.2 Å². The zero-order chi connectivity index (χ0) is 39.9. The topological polar surface area (TPSA) is 194 Å². The Kier molecular flexibility index (Phi) is 11.1. The molecule has 3 N–H and O–H groups in total. The Morgan fingerprint density at radius 2 is 1.85 bits per heavy atom. The minimum atomic E-state index is -4.46. The van der Waals surface area contributed by atoms with Crippen LogP contribution >= 0.6 is 0 Å². The Morgan fingerprint density at radius 3 is 2.55 bits per heavy atom. The SMILES string of the molecule is Cc1cc(S(=O)(=O)NC(=O)[C@@]23C[C@H]2C=CCCCCC[C@H](NC(=O)OC(C)(C)C)C(=O)N2C[C@H](OC(=O)N4Cc5cccc(F)c5C4)C[C@H]2C(=O)N3)oc1C. The van der Waals surface area contributed by atoms with Gasteiger partial charge in [-0.25, -0.2) is 18.7 Å². The van der Waals surface area contributed by atoms with Gasteiger partial charge in [-0.05, 0) is 77.5 Å². The van der Waals surface area contributed by atoms with Crippen molar-refractivity contribution in [2.24, 2.45) is 5.92 Å². The highest BCUT2D eigenvalue weighted by Gasteiger charge is 2.62. The molecule has 5 amide bonds. The van der Waals surface area contributed by atoms with Gasteiger partial charge in [0.05, 0.1) is 13.1 Å². The maximum atomic E-state index is 14.5. The van der Waals surface area contributed by atoms with Crippen molar-refractivity contribution in [1.29, 1.82) is 0 Å². The van der Waals surface area contributed by atoms with E-state index in [0.717, 1.165) is 6.42 Å². The van der Waals surface area contributed by atoms with E-state index >= 15 is 0 Å². The molecule has 4 heterocycles. The summed E-state index contributed by atoms with van der Waals surface area (Å²) >= 11 is 0. The standard InChI is InChI=1S/C38H48FN5O10S/c1-22-16-31(52-23(22)2)55(50,51)42-34(47)38-18-25(38)13-9-7-6-8-10-15-29(40-35(48)54-37(3,4)5)33(46)44-20-26(17-30(44)32(45)41-38)53-36(49)43-19-24-12-11-14-28(39)27(24)21-43/h9,11-14,16,25-26,29-30H,6-8,10,15,17-21H2,1-5H3,(H,40,48)(H,41,45)(H,42,47)/t25-,26-,29+,30+,38-/m1/s1. The molecule has 4 aliphatic rings. The molecular formula is C38H48FN5O10S.